The van der Waals surface area contributed by atoms with Gasteiger partial charge >= 0.3 is 0 Å². The average Bonchev–Trinajstić information content (AvgIpc) is 2.61. The Kier molecular flexibility index (Phi) is 7.42. The van der Waals surface area contributed by atoms with Gasteiger partial charge in [-0.25, -0.2) is 13.1 Å². The molecule has 2 aliphatic heterocycles. The van der Waals surface area contributed by atoms with Gasteiger partial charge in [-0.3, -0.25) is 4.79 Å². The fraction of sp³-hybridized carbons (Fsp3) is 0.933. The molecule has 0 aromatic carbocycles. The minimum Gasteiger partial charge on any atom is -0.381 e. The Labute approximate surface area is 143 Å². The molecule has 1 unspecified atom stereocenters. The number of sulfonamides is 1. The first kappa shape index (κ1) is 19.6. The van der Waals surface area contributed by atoms with Crippen molar-refractivity contribution in [1.82, 2.24) is 10.0 Å². The van der Waals surface area contributed by atoms with Crippen molar-refractivity contribution in [3.05, 3.63) is 0 Å². The molecule has 2 saturated heterocycles. The highest BCUT2D eigenvalue weighted by Gasteiger charge is 2.38. The van der Waals surface area contributed by atoms with Crippen LogP contribution in [-0.4, -0.2) is 65.6 Å². The van der Waals surface area contributed by atoms with Crippen molar-refractivity contribution in [2.75, 3.05) is 45.2 Å². The SMILES string of the molecule is NCC1(C(=O)NCCS(=O)(=O)NCC2CCCCO2)CCOCC1. The van der Waals surface area contributed by atoms with E-state index in [1.54, 1.807) is 0 Å². The van der Waals surface area contributed by atoms with Crippen LogP contribution in [0, 0.1) is 5.41 Å². The second-order valence-electron chi connectivity index (χ2n) is 6.51. The normalized spacial score (nSPS) is 24.5. The number of rotatable bonds is 8. The van der Waals surface area contributed by atoms with E-state index in [0.29, 0.717) is 39.2 Å². The van der Waals surface area contributed by atoms with Crippen molar-refractivity contribution < 1.29 is 22.7 Å². The van der Waals surface area contributed by atoms with Crippen LogP contribution in [0.4, 0.5) is 0 Å². The molecule has 0 aromatic rings. The molecule has 24 heavy (non-hydrogen) atoms. The van der Waals surface area contributed by atoms with E-state index in [-0.39, 0.29) is 30.9 Å². The lowest BCUT2D eigenvalue weighted by Gasteiger charge is -2.34. The predicted molar refractivity (Wildman–Crippen MR) is 89.9 cm³/mol. The number of hydrogen-bond donors (Lipinski definition) is 3. The largest absolute Gasteiger partial charge is 0.381 e. The van der Waals surface area contributed by atoms with E-state index in [4.69, 9.17) is 15.2 Å². The smallest absolute Gasteiger partial charge is 0.227 e. The second-order valence-corrected chi connectivity index (χ2v) is 8.44. The van der Waals surface area contributed by atoms with Crippen LogP contribution >= 0.6 is 0 Å². The van der Waals surface area contributed by atoms with E-state index < -0.39 is 15.4 Å². The summed E-state index contributed by atoms with van der Waals surface area (Å²) in [7, 11) is -3.43. The quantitative estimate of drug-likeness (QED) is 0.527. The first-order chi connectivity index (χ1) is 11.5. The van der Waals surface area contributed by atoms with E-state index in [1.165, 1.54) is 0 Å². The number of nitrogens with one attached hydrogen (secondary N) is 2. The van der Waals surface area contributed by atoms with Crippen LogP contribution in [0.3, 0.4) is 0 Å². The number of amides is 1. The third kappa shape index (κ3) is 5.66. The summed E-state index contributed by atoms with van der Waals surface area (Å²) in [6.45, 7) is 2.31. The van der Waals surface area contributed by atoms with Crippen LogP contribution in [0.5, 0.6) is 0 Å². The first-order valence-electron chi connectivity index (χ1n) is 8.62. The molecule has 2 heterocycles. The number of nitrogens with two attached hydrogens (primary N) is 1. The maximum atomic E-state index is 12.4. The van der Waals surface area contributed by atoms with Gasteiger partial charge in [0.1, 0.15) is 0 Å². The lowest BCUT2D eigenvalue weighted by atomic mass is 9.79. The zero-order valence-electron chi connectivity index (χ0n) is 14.1. The van der Waals surface area contributed by atoms with Crippen LogP contribution in [-0.2, 0) is 24.3 Å². The number of hydrogen-bond acceptors (Lipinski definition) is 6. The number of carbonyl (C=O) groups excluding carboxylic acids is 1. The van der Waals surface area contributed by atoms with Gasteiger partial charge in [0.15, 0.2) is 0 Å². The Morgan fingerprint density at radius 1 is 1.21 bits per heavy atom. The fourth-order valence-electron chi connectivity index (χ4n) is 3.03. The summed E-state index contributed by atoms with van der Waals surface area (Å²) >= 11 is 0. The molecule has 9 heteroatoms. The minimum atomic E-state index is -3.43. The fourth-order valence-corrected chi connectivity index (χ4v) is 3.99. The Hall–Kier alpha value is -0.740. The highest BCUT2D eigenvalue weighted by molar-refractivity contribution is 7.89. The highest BCUT2D eigenvalue weighted by atomic mass is 32.2. The van der Waals surface area contributed by atoms with Gasteiger partial charge in [0.2, 0.25) is 15.9 Å². The molecule has 140 valence electrons. The van der Waals surface area contributed by atoms with Crippen molar-refractivity contribution in [2.45, 2.75) is 38.2 Å². The maximum Gasteiger partial charge on any atom is 0.227 e. The molecular formula is C15H29N3O5S. The molecule has 0 spiro atoms. The van der Waals surface area contributed by atoms with E-state index in [1.807, 2.05) is 0 Å². The second kappa shape index (κ2) is 9.10. The summed E-state index contributed by atoms with van der Waals surface area (Å²) in [4.78, 5) is 12.4. The van der Waals surface area contributed by atoms with Crippen LogP contribution < -0.4 is 15.8 Å². The number of ether oxygens (including phenoxy) is 2. The maximum absolute atomic E-state index is 12.4. The molecule has 0 bridgehead atoms. The molecule has 2 fully saturated rings. The third-order valence-corrected chi connectivity index (χ3v) is 6.13. The zero-order chi connectivity index (χ0) is 17.5. The van der Waals surface area contributed by atoms with Gasteiger partial charge in [-0.05, 0) is 32.1 Å². The Balaban J connectivity index is 1.72. The van der Waals surface area contributed by atoms with Gasteiger partial charge in [-0.2, -0.15) is 0 Å². The topological polar surface area (TPSA) is 120 Å². The van der Waals surface area contributed by atoms with E-state index in [0.717, 1.165) is 19.3 Å². The van der Waals surface area contributed by atoms with Gasteiger partial charge in [-0.15, -0.1) is 0 Å². The lowest BCUT2D eigenvalue weighted by Crippen LogP contribution is -2.50. The van der Waals surface area contributed by atoms with E-state index >= 15 is 0 Å². The van der Waals surface area contributed by atoms with Gasteiger partial charge in [-0.1, -0.05) is 0 Å². The molecular weight excluding hydrogens is 334 g/mol. The Morgan fingerprint density at radius 3 is 2.58 bits per heavy atom. The Bertz CT molecular complexity index is 499. The number of carbonyl (C=O) groups is 1. The molecule has 8 nitrogen and oxygen atoms in total. The molecule has 0 radical (unpaired) electrons. The summed E-state index contributed by atoms with van der Waals surface area (Å²) in [5.74, 6) is -0.332. The summed E-state index contributed by atoms with van der Waals surface area (Å²) < 4.78 is 37.4. The van der Waals surface area contributed by atoms with Crippen LogP contribution in [0.25, 0.3) is 0 Å². The summed E-state index contributed by atoms with van der Waals surface area (Å²) in [5.41, 5.74) is 5.13. The molecule has 0 aliphatic carbocycles. The molecule has 0 aromatic heterocycles. The summed E-state index contributed by atoms with van der Waals surface area (Å²) in [6, 6.07) is 0. The summed E-state index contributed by atoms with van der Waals surface area (Å²) in [6.07, 6.45) is 4.06. The predicted octanol–water partition coefficient (Wildman–Crippen LogP) is -0.653. The van der Waals surface area contributed by atoms with E-state index in [2.05, 4.69) is 10.0 Å². The van der Waals surface area contributed by atoms with Gasteiger partial charge in [0.05, 0.1) is 17.3 Å². The van der Waals surface area contributed by atoms with Crippen molar-refractivity contribution >= 4 is 15.9 Å². The molecule has 1 amide bonds. The van der Waals surface area contributed by atoms with Crippen molar-refractivity contribution in [3.8, 4) is 0 Å². The summed E-state index contributed by atoms with van der Waals surface area (Å²) in [5, 5.41) is 2.71. The highest BCUT2D eigenvalue weighted by Crippen LogP contribution is 2.29. The van der Waals surface area contributed by atoms with Gasteiger partial charge < -0.3 is 20.5 Å². The van der Waals surface area contributed by atoms with Crippen LogP contribution in [0.2, 0.25) is 0 Å². The lowest BCUT2D eigenvalue weighted by molar-refractivity contribution is -0.135. The van der Waals surface area contributed by atoms with Crippen LogP contribution in [0.15, 0.2) is 0 Å². The van der Waals surface area contributed by atoms with E-state index in [9.17, 15) is 13.2 Å². The third-order valence-electron chi connectivity index (χ3n) is 4.78. The standard InChI is InChI=1S/C15H29N3O5S/c16-12-15(4-8-22-9-5-15)14(19)17-6-10-24(20,21)18-11-13-3-1-2-7-23-13/h13,18H,1-12,16H2,(H,17,19). The van der Waals surface area contributed by atoms with Gasteiger partial charge in [0, 0.05) is 39.5 Å². The molecule has 2 rings (SSSR count). The molecule has 2 aliphatic rings. The molecule has 0 saturated carbocycles. The van der Waals surface area contributed by atoms with Crippen LogP contribution in [0.1, 0.15) is 32.1 Å². The average molecular weight is 363 g/mol. The Morgan fingerprint density at radius 2 is 1.96 bits per heavy atom. The monoisotopic (exact) mass is 363 g/mol. The minimum absolute atomic E-state index is 0.0501. The van der Waals surface area contributed by atoms with Gasteiger partial charge in [0.25, 0.3) is 0 Å². The molecule has 4 N–H and O–H groups in total. The first-order valence-corrected chi connectivity index (χ1v) is 10.3. The van der Waals surface area contributed by atoms with Crippen molar-refractivity contribution in [3.63, 3.8) is 0 Å². The molecule has 1 atom stereocenters. The zero-order valence-corrected chi connectivity index (χ0v) is 14.9. The van der Waals surface area contributed by atoms with Crippen molar-refractivity contribution in [1.29, 1.82) is 0 Å². The van der Waals surface area contributed by atoms with Crippen molar-refractivity contribution in [2.24, 2.45) is 11.1 Å².